The first-order valence-electron chi connectivity index (χ1n) is 6.58. The van der Waals surface area contributed by atoms with Crippen molar-refractivity contribution in [3.63, 3.8) is 0 Å². The number of hydrogen-bond donors (Lipinski definition) is 0. The molecule has 4 heteroatoms. The van der Waals surface area contributed by atoms with Crippen LogP contribution in [-0.2, 0) is 11.1 Å². The monoisotopic (exact) mass is 303 g/mol. The largest absolute Gasteiger partial charge is 0.773 e. The average molecular weight is 303 g/mol. The van der Waals surface area contributed by atoms with Gasteiger partial charge in [0.05, 0.1) is 6.61 Å². The maximum atomic E-state index is 9.00. The molecule has 0 bridgehead atoms. The van der Waals surface area contributed by atoms with E-state index < -0.39 is 11.1 Å². The van der Waals surface area contributed by atoms with Crippen LogP contribution in [0.15, 0.2) is 54.6 Å². The summed E-state index contributed by atoms with van der Waals surface area (Å²) in [4.78, 5) is 0. The van der Waals surface area contributed by atoms with Gasteiger partial charge in [0.2, 0.25) is 0 Å². The van der Waals surface area contributed by atoms with Gasteiger partial charge in [-0.1, -0.05) is 65.7 Å². The minimum Gasteiger partial charge on any atom is -0.773 e. The first-order chi connectivity index (χ1) is 10.1. The van der Waals surface area contributed by atoms with Crippen LogP contribution in [0.1, 0.15) is 18.1 Å². The zero-order valence-corrected chi connectivity index (χ0v) is 13.0. The molecule has 0 radical (unpaired) electrons. The molecule has 112 valence electrons. The number of rotatable bonds is 4. The second-order valence-electron chi connectivity index (χ2n) is 4.15. The second-order valence-corrected chi connectivity index (χ2v) is 4.95. The Morgan fingerprint density at radius 1 is 1.05 bits per heavy atom. The van der Waals surface area contributed by atoms with Gasteiger partial charge in [0, 0.05) is 0 Å². The molecule has 2 aromatic carbocycles. The summed E-state index contributed by atoms with van der Waals surface area (Å²) in [5.41, 5.74) is 2.36. The van der Waals surface area contributed by atoms with Crippen molar-refractivity contribution in [1.82, 2.24) is 0 Å². The summed E-state index contributed by atoms with van der Waals surface area (Å²) < 4.78 is 23.5. The molecule has 0 saturated heterocycles. The van der Waals surface area contributed by atoms with E-state index in [4.69, 9.17) is 13.5 Å². The normalized spacial score (nSPS) is 11.6. The third-order valence-corrected chi connectivity index (χ3v) is 2.44. The van der Waals surface area contributed by atoms with Gasteiger partial charge in [0.25, 0.3) is 0 Å². The Balaban J connectivity index is 0.000000491. The van der Waals surface area contributed by atoms with Crippen molar-refractivity contribution in [3.05, 3.63) is 65.7 Å². The van der Waals surface area contributed by atoms with Crippen LogP contribution in [-0.4, -0.2) is 21.6 Å². The molecule has 0 aliphatic heterocycles. The minimum absolute atomic E-state index is 0.700. The van der Waals surface area contributed by atoms with Crippen LogP contribution in [0.5, 0.6) is 5.75 Å². The van der Waals surface area contributed by atoms with E-state index in [1.54, 1.807) is 0 Å². The third kappa shape index (κ3) is 8.07. The maximum Gasteiger partial charge on any atom is 0.119 e. The second kappa shape index (κ2) is 9.91. The molecule has 0 N–H and O–H groups in total. The Labute approximate surface area is 128 Å². The molecule has 0 aromatic heterocycles. The molecule has 0 fully saturated rings. The van der Waals surface area contributed by atoms with Crippen LogP contribution in [0.3, 0.4) is 0 Å². The molecule has 3 nitrogen and oxygen atoms in total. The van der Waals surface area contributed by atoms with Gasteiger partial charge in [-0.05, 0) is 36.4 Å². The first-order valence-corrected chi connectivity index (χ1v) is 8.07. The van der Waals surface area contributed by atoms with E-state index in [0.29, 0.717) is 6.61 Å². The molecule has 1 atom stereocenters. The predicted molar refractivity (Wildman–Crippen MR) is 87.8 cm³/mol. The fraction of sp³-hybridized carbons (Fsp3) is 0.176. The van der Waals surface area contributed by atoms with E-state index in [0.717, 1.165) is 17.6 Å². The van der Waals surface area contributed by atoms with E-state index in [2.05, 4.69) is 30.4 Å². The summed E-state index contributed by atoms with van der Waals surface area (Å²) >= 11 is -1.86. The zero-order valence-electron chi connectivity index (χ0n) is 12.2. The molecule has 0 saturated carbocycles. The van der Waals surface area contributed by atoms with Gasteiger partial charge < -0.3 is 9.29 Å². The highest BCUT2D eigenvalue weighted by molar-refractivity contribution is 7.78. The maximum absolute atomic E-state index is 9.00. The van der Waals surface area contributed by atoms with Gasteiger partial charge in [0.1, 0.15) is 5.75 Å². The molecule has 0 aliphatic rings. The average Bonchev–Trinajstić information content (AvgIpc) is 2.46. The number of benzene rings is 2. The summed E-state index contributed by atoms with van der Waals surface area (Å²) in [6, 6.07) is 18.4. The van der Waals surface area contributed by atoms with Crippen molar-refractivity contribution >= 4 is 23.2 Å². The molecular formula is C17H19O3S-. The number of ether oxygens (including phenoxy) is 1. The minimum atomic E-state index is -1.86. The van der Waals surface area contributed by atoms with Crippen molar-refractivity contribution in [3.8, 4) is 5.75 Å². The lowest BCUT2D eigenvalue weighted by molar-refractivity contribution is 0.340. The molecule has 1 unspecified atom stereocenters. The quantitative estimate of drug-likeness (QED) is 0.638. The van der Waals surface area contributed by atoms with Crippen LogP contribution < -0.4 is 4.74 Å². The fourth-order valence-electron chi connectivity index (χ4n) is 1.63. The Hall–Kier alpha value is -1.91. The molecule has 2 rings (SSSR count). The van der Waals surface area contributed by atoms with Crippen molar-refractivity contribution in [1.29, 1.82) is 0 Å². The molecule has 2 aromatic rings. The molecule has 0 amide bonds. The summed E-state index contributed by atoms with van der Waals surface area (Å²) in [6.45, 7) is 2.69. The summed E-state index contributed by atoms with van der Waals surface area (Å²) in [7, 11) is 0. The zero-order chi connectivity index (χ0) is 15.5. The van der Waals surface area contributed by atoms with Crippen LogP contribution in [0.4, 0.5) is 0 Å². The number of hydrogen-bond acceptors (Lipinski definition) is 3. The van der Waals surface area contributed by atoms with Crippen LogP contribution in [0, 0.1) is 0 Å². The molecule has 0 aliphatic carbocycles. The van der Waals surface area contributed by atoms with Gasteiger partial charge in [-0.2, -0.15) is 0 Å². The third-order valence-electron chi connectivity index (χ3n) is 2.44. The van der Waals surface area contributed by atoms with E-state index >= 15 is 0 Å². The summed E-state index contributed by atoms with van der Waals surface area (Å²) in [5.74, 6) is 0.919. The van der Waals surface area contributed by atoms with E-state index in [1.807, 2.05) is 43.3 Å². The summed E-state index contributed by atoms with van der Waals surface area (Å²) in [6.07, 6.45) is 5.28. The van der Waals surface area contributed by atoms with Gasteiger partial charge in [0.15, 0.2) is 0 Å². The SMILES string of the molecule is CCOc1cccc(/C=C/c2ccccc2)c1.CS(=O)[O-]. The van der Waals surface area contributed by atoms with Crippen LogP contribution in [0.25, 0.3) is 12.2 Å². The Morgan fingerprint density at radius 3 is 2.24 bits per heavy atom. The Kier molecular flexibility index (Phi) is 8.09. The van der Waals surface area contributed by atoms with Gasteiger partial charge in [-0.25, -0.2) is 0 Å². The van der Waals surface area contributed by atoms with Gasteiger partial charge >= 0.3 is 0 Å². The van der Waals surface area contributed by atoms with Gasteiger partial charge in [-0.15, -0.1) is 0 Å². The molecule has 0 spiro atoms. The predicted octanol–water partition coefficient (Wildman–Crippen LogP) is 3.75. The smallest absolute Gasteiger partial charge is 0.119 e. The highest BCUT2D eigenvalue weighted by atomic mass is 32.2. The lowest BCUT2D eigenvalue weighted by atomic mass is 10.1. The van der Waals surface area contributed by atoms with Crippen molar-refractivity contribution in [2.75, 3.05) is 12.9 Å². The molecule has 0 heterocycles. The highest BCUT2D eigenvalue weighted by Gasteiger charge is 1.92. The molecule has 21 heavy (non-hydrogen) atoms. The fourth-order valence-corrected chi connectivity index (χ4v) is 1.63. The Morgan fingerprint density at radius 2 is 1.62 bits per heavy atom. The highest BCUT2D eigenvalue weighted by Crippen LogP contribution is 2.15. The van der Waals surface area contributed by atoms with Crippen molar-refractivity contribution in [2.45, 2.75) is 6.92 Å². The van der Waals surface area contributed by atoms with E-state index in [1.165, 1.54) is 5.56 Å². The van der Waals surface area contributed by atoms with Crippen molar-refractivity contribution in [2.24, 2.45) is 0 Å². The van der Waals surface area contributed by atoms with Gasteiger partial charge in [-0.3, -0.25) is 4.21 Å². The van der Waals surface area contributed by atoms with Crippen molar-refractivity contribution < 1.29 is 13.5 Å². The van der Waals surface area contributed by atoms with E-state index in [-0.39, 0.29) is 0 Å². The molecular weight excluding hydrogens is 284 g/mol. The standard InChI is InChI=1S/C16H16O.CH4O2S/c1-2-17-16-10-6-9-15(13-16)12-11-14-7-4-3-5-8-14;1-4(2)3/h3-13H,2H2,1H3;1H3,(H,2,3)/p-1/b12-11+;. The lowest BCUT2D eigenvalue weighted by Gasteiger charge is -2.03. The van der Waals surface area contributed by atoms with E-state index in [9.17, 15) is 0 Å². The topological polar surface area (TPSA) is 49.4 Å². The lowest BCUT2D eigenvalue weighted by Crippen LogP contribution is -1.90. The van der Waals surface area contributed by atoms with Crippen LogP contribution in [0.2, 0.25) is 0 Å². The first kappa shape index (κ1) is 17.1. The van der Waals surface area contributed by atoms with Crippen LogP contribution >= 0.6 is 0 Å². The summed E-state index contributed by atoms with van der Waals surface area (Å²) in [5, 5.41) is 0. The Bertz CT molecular complexity index is 576.